The van der Waals surface area contributed by atoms with E-state index in [2.05, 4.69) is 0 Å². The molecule has 0 aliphatic rings. The summed E-state index contributed by atoms with van der Waals surface area (Å²) in [5, 5.41) is 0. The first kappa shape index (κ1) is 15.4. The lowest BCUT2D eigenvalue weighted by atomic mass is 10.2. The summed E-state index contributed by atoms with van der Waals surface area (Å²) in [5.41, 5.74) is 5.17. The molecule has 2 N–H and O–H groups in total. The largest absolute Gasteiger partial charge is 0.482 e. The molecule has 0 aliphatic carbocycles. The van der Waals surface area contributed by atoms with Gasteiger partial charge in [0.05, 0.1) is 0 Å². The van der Waals surface area contributed by atoms with Gasteiger partial charge in [0.1, 0.15) is 5.75 Å². The van der Waals surface area contributed by atoms with Crippen LogP contribution in [0, 0.1) is 0 Å². The van der Waals surface area contributed by atoms with Crippen molar-refractivity contribution in [2.45, 2.75) is 12.5 Å². The molecule has 0 fully saturated rings. The highest BCUT2D eigenvalue weighted by Gasteiger charge is 2.20. The number of thioether (sulfide) groups is 1. The van der Waals surface area contributed by atoms with Gasteiger partial charge in [-0.3, -0.25) is 4.79 Å². The zero-order valence-electron chi connectivity index (χ0n) is 10.7. The van der Waals surface area contributed by atoms with E-state index in [1.54, 1.807) is 36.0 Å². The smallest absolute Gasteiger partial charge is 0.344 e. The third-order valence-corrected chi connectivity index (χ3v) is 2.92. The molecule has 0 saturated heterocycles. The highest BCUT2D eigenvalue weighted by molar-refractivity contribution is 7.98. The zero-order valence-corrected chi connectivity index (χ0v) is 11.5. The highest BCUT2D eigenvalue weighted by Crippen LogP contribution is 2.09. The Morgan fingerprint density at radius 1 is 1.32 bits per heavy atom. The predicted molar refractivity (Wildman–Crippen MR) is 74.0 cm³/mol. The molecule has 1 aromatic rings. The van der Waals surface area contributed by atoms with Crippen LogP contribution in [0.25, 0.3) is 0 Å². The lowest BCUT2D eigenvalue weighted by Crippen LogP contribution is -2.35. The summed E-state index contributed by atoms with van der Waals surface area (Å²) < 4.78 is 10.2. The molecule has 1 aromatic carbocycles. The average molecular weight is 283 g/mol. The predicted octanol–water partition coefficient (Wildman–Crippen LogP) is 1.22. The van der Waals surface area contributed by atoms with Crippen molar-refractivity contribution in [2.75, 3.05) is 18.6 Å². The molecule has 104 valence electrons. The first-order chi connectivity index (χ1) is 9.13. The van der Waals surface area contributed by atoms with Crippen LogP contribution in [0.15, 0.2) is 30.3 Å². The summed E-state index contributed by atoms with van der Waals surface area (Å²) in [6.07, 6.45) is 1.42. The highest BCUT2D eigenvalue weighted by atomic mass is 32.2. The second-order valence-corrected chi connectivity index (χ2v) is 4.75. The Labute approximate surface area is 116 Å². The standard InChI is InChI=1S/C13H17NO4S/c1-19-8-7-11(13(14)16)18-12(15)9-17-10-5-3-2-4-6-10/h2-6,11H,7-9H2,1H3,(H2,14,16). The van der Waals surface area contributed by atoms with Crippen LogP contribution in [0.3, 0.4) is 0 Å². The molecule has 0 aliphatic heterocycles. The summed E-state index contributed by atoms with van der Waals surface area (Å²) in [7, 11) is 0. The number of rotatable bonds is 8. The van der Waals surface area contributed by atoms with Crippen molar-refractivity contribution in [3.05, 3.63) is 30.3 Å². The monoisotopic (exact) mass is 283 g/mol. The van der Waals surface area contributed by atoms with E-state index in [4.69, 9.17) is 15.2 Å². The fourth-order valence-corrected chi connectivity index (χ4v) is 1.79. The molecule has 0 spiro atoms. The number of benzene rings is 1. The van der Waals surface area contributed by atoms with Crippen molar-refractivity contribution in [1.29, 1.82) is 0 Å². The number of para-hydroxylation sites is 1. The molecule has 1 rings (SSSR count). The van der Waals surface area contributed by atoms with Crippen LogP contribution in [-0.2, 0) is 14.3 Å². The Kier molecular flexibility index (Phi) is 6.81. The molecular formula is C13H17NO4S. The van der Waals surface area contributed by atoms with E-state index in [0.29, 0.717) is 17.9 Å². The van der Waals surface area contributed by atoms with E-state index in [-0.39, 0.29) is 6.61 Å². The number of primary amides is 1. The van der Waals surface area contributed by atoms with Crippen LogP contribution in [0.5, 0.6) is 5.75 Å². The van der Waals surface area contributed by atoms with Crippen molar-refractivity contribution >= 4 is 23.6 Å². The van der Waals surface area contributed by atoms with Crippen LogP contribution in [0.2, 0.25) is 0 Å². The number of hydrogen-bond donors (Lipinski definition) is 1. The summed E-state index contributed by atoms with van der Waals surface area (Å²) in [5.74, 6) is 0.0236. The van der Waals surface area contributed by atoms with Crippen LogP contribution in [0.4, 0.5) is 0 Å². The minimum Gasteiger partial charge on any atom is -0.482 e. The van der Waals surface area contributed by atoms with Gasteiger partial charge in [-0.15, -0.1) is 0 Å². The average Bonchev–Trinajstić information content (AvgIpc) is 2.42. The topological polar surface area (TPSA) is 78.6 Å². The van der Waals surface area contributed by atoms with Crippen molar-refractivity contribution < 1.29 is 19.1 Å². The number of ether oxygens (including phenoxy) is 2. The maximum atomic E-state index is 11.5. The Morgan fingerprint density at radius 3 is 2.58 bits per heavy atom. The van der Waals surface area contributed by atoms with Crippen molar-refractivity contribution in [3.63, 3.8) is 0 Å². The van der Waals surface area contributed by atoms with Gasteiger partial charge in [-0.25, -0.2) is 4.79 Å². The minimum absolute atomic E-state index is 0.243. The second kappa shape index (κ2) is 8.42. The number of carbonyl (C=O) groups excluding carboxylic acids is 2. The van der Waals surface area contributed by atoms with E-state index in [9.17, 15) is 9.59 Å². The molecule has 0 aromatic heterocycles. The third-order valence-electron chi connectivity index (χ3n) is 2.28. The lowest BCUT2D eigenvalue weighted by molar-refractivity contribution is -0.156. The van der Waals surface area contributed by atoms with E-state index in [1.807, 2.05) is 12.3 Å². The molecule has 0 radical (unpaired) electrons. The van der Waals surface area contributed by atoms with Gasteiger partial charge in [-0.2, -0.15) is 11.8 Å². The molecule has 0 bridgehead atoms. The van der Waals surface area contributed by atoms with Gasteiger partial charge >= 0.3 is 5.97 Å². The molecule has 0 heterocycles. The molecule has 19 heavy (non-hydrogen) atoms. The van der Waals surface area contributed by atoms with Crippen LogP contribution < -0.4 is 10.5 Å². The summed E-state index contributed by atoms with van der Waals surface area (Å²) in [4.78, 5) is 22.6. The van der Waals surface area contributed by atoms with Crippen molar-refractivity contribution in [2.24, 2.45) is 5.73 Å². The summed E-state index contributed by atoms with van der Waals surface area (Å²) >= 11 is 1.55. The Balaban J connectivity index is 2.38. The quantitative estimate of drug-likeness (QED) is 0.726. The molecular weight excluding hydrogens is 266 g/mol. The maximum absolute atomic E-state index is 11.5. The Morgan fingerprint density at radius 2 is 2.00 bits per heavy atom. The van der Waals surface area contributed by atoms with Gasteiger partial charge in [0.2, 0.25) is 0 Å². The molecule has 6 heteroatoms. The van der Waals surface area contributed by atoms with Gasteiger partial charge < -0.3 is 15.2 Å². The van der Waals surface area contributed by atoms with Crippen molar-refractivity contribution in [1.82, 2.24) is 0 Å². The number of nitrogens with two attached hydrogens (primary N) is 1. The van der Waals surface area contributed by atoms with Crippen LogP contribution in [-0.4, -0.2) is 36.6 Å². The minimum atomic E-state index is -0.890. The molecule has 5 nitrogen and oxygen atoms in total. The molecule has 1 unspecified atom stereocenters. The molecule has 0 saturated carbocycles. The fraction of sp³-hybridized carbons (Fsp3) is 0.385. The lowest BCUT2D eigenvalue weighted by Gasteiger charge is -2.14. The van der Waals surface area contributed by atoms with E-state index in [1.165, 1.54) is 0 Å². The summed E-state index contributed by atoms with van der Waals surface area (Å²) in [6, 6.07) is 8.90. The van der Waals surface area contributed by atoms with Gasteiger partial charge in [-0.1, -0.05) is 18.2 Å². The van der Waals surface area contributed by atoms with Gasteiger partial charge in [0.15, 0.2) is 12.7 Å². The molecule has 1 atom stereocenters. The number of amides is 1. The normalized spacial score (nSPS) is 11.6. The maximum Gasteiger partial charge on any atom is 0.344 e. The third kappa shape index (κ3) is 6.15. The van der Waals surface area contributed by atoms with Crippen LogP contribution in [0.1, 0.15) is 6.42 Å². The number of hydrogen-bond acceptors (Lipinski definition) is 5. The van der Waals surface area contributed by atoms with Gasteiger partial charge in [0.25, 0.3) is 5.91 Å². The molecule has 1 amide bonds. The zero-order chi connectivity index (χ0) is 14.1. The van der Waals surface area contributed by atoms with Gasteiger partial charge in [0, 0.05) is 6.42 Å². The van der Waals surface area contributed by atoms with E-state index < -0.39 is 18.0 Å². The van der Waals surface area contributed by atoms with E-state index in [0.717, 1.165) is 0 Å². The SMILES string of the molecule is CSCCC(OC(=O)COc1ccccc1)C(N)=O. The second-order valence-electron chi connectivity index (χ2n) is 3.76. The fourth-order valence-electron chi connectivity index (χ4n) is 1.34. The Hall–Kier alpha value is -1.69. The van der Waals surface area contributed by atoms with Crippen molar-refractivity contribution in [3.8, 4) is 5.75 Å². The Bertz CT molecular complexity index is 410. The first-order valence-corrected chi connectivity index (χ1v) is 7.18. The van der Waals surface area contributed by atoms with Gasteiger partial charge in [-0.05, 0) is 24.1 Å². The van der Waals surface area contributed by atoms with E-state index >= 15 is 0 Å². The summed E-state index contributed by atoms with van der Waals surface area (Å²) in [6.45, 7) is -0.243. The first-order valence-electron chi connectivity index (χ1n) is 5.79. The number of carbonyl (C=O) groups is 2. The number of esters is 1. The van der Waals surface area contributed by atoms with Crippen LogP contribution >= 0.6 is 11.8 Å².